The van der Waals surface area contributed by atoms with Crippen LogP contribution in [0.4, 0.5) is 5.69 Å². The van der Waals surface area contributed by atoms with Gasteiger partial charge in [0.05, 0.1) is 13.2 Å². The molecule has 0 radical (unpaired) electrons. The summed E-state index contributed by atoms with van der Waals surface area (Å²) in [5.41, 5.74) is 8.46. The van der Waals surface area contributed by atoms with E-state index in [0.29, 0.717) is 6.10 Å². The van der Waals surface area contributed by atoms with Crippen LogP contribution in [0.1, 0.15) is 44.7 Å². The number of hydrogen-bond donors (Lipinski definition) is 1. The van der Waals surface area contributed by atoms with Crippen LogP contribution in [0, 0.1) is 0 Å². The van der Waals surface area contributed by atoms with Crippen molar-refractivity contribution in [2.24, 2.45) is 5.73 Å². The molecule has 21 heavy (non-hydrogen) atoms. The van der Waals surface area contributed by atoms with Crippen LogP contribution in [0.15, 0.2) is 18.2 Å². The van der Waals surface area contributed by atoms with E-state index in [9.17, 15) is 0 Å². The summed E-state index contributed by atoms with van der Waals surface area (Å²) in [6.07, 6.45) is 3.70. The number of anilines is 1. The monoisotopic (exact) mass is 292 g/mol. The Morgan fingerprint density at radius 3 is 2.90 bits per heavy atom. The van der Waals surface area contributed by atoms with E-state index in [1.165, 1.54) is 5.69 Å². The van der Waals surface area contributed by atoms with E-state index in [-0.39, 0.29) is 6.04 Å². The quantitative estimate of drug-likeness (QED) is 0.875. The van der Waals surface area contributed by atoms with Crippen molar-refractivity contribution in [1.82, 2.24) is 0 Å². The third kappa shape index (κ3) is 3.89. The number of rotatable bonds is 6. The highest BCUT2D eigenvalue weighted by atomic mass is 16.5. The van der Waals surface area contributed by atoms with Gasteiger partial charge in [0.25, 0.3) is 0 Å². The summed E-state index contributed by atoms with van der Waals surface area (Å²) in [5.74, 6) is 0.874. The Hall–Kier alpha value is -1.26. The standard InChI is InChI=1S/C17H28N2O2/c1-4-11-21-14-7-6-10-19(12-14)15-8-5-9-16(20-3)17(15)13(2)18/h5,8-9,13-14H,4,6-7,10-12,18H2,1-3H3/t13-,14?/m1/s1. The van der Waals surface area contributed by atoms with Crippen molar-refractivity contribution in [3.63, 3.8) is 0 Å². The Kier molecular flexibility index (Phi) is 5.88. The van der Waals surface area contributed by atoms with Crippen LogP contribution >= 0.6 is 0 Å². The molecule has 1 unspecified atom stereocenters. The van der Waals surface area contributed by atoms with Crippen molar-refractivity contribution >= 4 is 5.69 Å². The molecule has 2 rings (SSSR count). The highest BCUT2D eigenvalue weighted by molar-refractivity contribution is 5.61. The van der Waals surface area contributed by atoms with Crippen LogP contribution in [-0.2, 0) is 4.74 Å². The maximum atomic E-state index is 6.17. The van der Waals surface area contributed by atoms with Gasteiger partial charge in [-0.05, 0) is 38.3 Å². The van der Waals surface area contributed by atoms with E-state index in [4.69, 9.17) is 15.2 Å². The molecular weight excluding hydrogens is 264 g/mol. The molecule has 0 amide bonds. The molecule has 0 aliphatic carbocycles. The molecule has 1 aliphatic rings. The molecule has 1 aromatic carbocycles. The number of benzene rings is 1. The summed E-state index contributed by atoms with van der Waals surface area (Å²) >= 11 is 0. The first-order valence-corrected chi connectivity index (χ1v) is 7.96. The largest absolute Gasteiger partial charge is 0.496 e. The lowest BCUT2D eigenvalue weighted by Gasteiger charge is -2.36. The molecule has 1 aliphatic heterocycles. The smallest absolute Gasteiger partial charge is 0.125 e. The molecular formula is C17H28N2O2. The third-order valence-electron chi connectivity index (χ3n) is 3.99. The normalized spacial score (nSPS) is 20.4. The summed E-state index contributed by atoms with van der Waals surface area (Å²) < 4.78 is 11.4. The molecule has 2 N–H and O–H groups in total. The molecule has 2 atom stereocenters. The second-order valence-electron chi connectivity index (χ2n) is 5.76. The molecule has 4 nitrogen and oxygen atoms in total. The van der Waals surface area contributed by atoms with E-state index in [1.54, 1.807) is 7.11 Å². The summed E-state index contributed by atoms with van der Waals surface area (Å²) in [6.45, 7) is 7.00. The van der Waals surface area contributed by atoms with Crippen LogP contribution in [0.2, 0.25) is 0 Å². The average molecular weight is 292 g/mol. The van der Waals surface area contributed by atoms with Gasteiger partial charge in [-0.2, -0.15) is 0 Å². The maximum absolute atomic E-state index is 6.17. The topological polar surface area (TPSA) is 47.7 Å². The van der Waals surface area contributed by atoms with Crippen molar-refractivity contribution in [2.45, 2.75) is 45.3 Å². The number of methoxy groups -OCH3 is 1. The summed E-state index contributed by atoms with van der Waals surface area (Å²) in [7, 11) is 1.70. The van der Waals surface area contributed by atoms with Crippen LogP contribution in [-0.4, -0.2) is 32.9 Å². The predicted octanol–water partition coefficient (Wildman–Crippen LogP) is 3.11. The zero-order valence-electron chi connectivity index (χ0n) is 13.5. The summed E-state index contributed by atoms with van der Waals surface area (Å²) in [6, 6.07) is 6.12. The van der Waals surface area contributed by atoms with Crippen LogP contribution in [0.5, 0.6) is 5.75 Å². The molecule has 1 aromatic rings. The number of ether oxygens (including phenoxy) is 2. The SMILES string of the molecule is CCCOC1CCCN(c2cccc(OC)c2[C@@H](C)N)C1. The van der Waals surface area contributed by atoms with Gasteiger partial charge >= 0.3 is 0 Å². The van der Waals surface area contributed by atoms with Crippen LogP contribution in [0.25, 0.3) is 0 Å². The zero-order valence-corrected chi connectivity index (χ0v) is 13.5. The fourth-order valence-electron chi connectivity index (χ4n) is 3.02. The van der Waals surface area contributed by atoms with Gasteiger partial charge in [0.2, 0.25) is 0 Å². The molecule has 0 saturated carbocycles. The van der Waals surface area contributed by atoms with Crippen LogP contribution < -0.4 is 15.4 Å². The summed E-state index contributed by atoms with van der Waals surface area (Å²) in [4.78, 5) is 2.39. The minimum atomic E-state index is -0.0481. The van der Waals surface area contributed by atoms with Crippen molar-refractivity contribution in [2.75, 3.05) is 31.7 Å². The minimum Gasteiger partial charge on any atom is -0.496 e. The lowest BCUT2D eigenvalue weighted by Crippen LogP contribution is -2.40. The first-order chi connectivity index (χ1) is 10.2. The van der Waals surface area contributed by atoms with Gasteiger partial charge in [0.15, 0.2) is 0 Å². The van der Waals surface area contributed by atoms with Crippen molar-refractivity contribution < 1.29 is 9.47 Å². The molecule has 1 heterocycles. The summed E-state index contributed by atoms with van der Waals surface area (Å²) in [5, 5.41) is 0. The molecule has 0 aromatic heterocycles. The Labute approximate surface area is 128 Å². The van der Waals surface area contributed by atoms with Gasteiger partial charge in [-0.1, -0.05) is 13.0 Å². The van der Waals surface area contributed by atoms with Gasteiger partial charge in [0, 0.05) is 37.0 Å². The van der Waals surface area contributed by atoms with E-state index in [1.807, 2.05) is 19.1 Å². The van der Waals surface area contributed by atoms with Crippen LogP contribution in [0.3, 0.4) is 0 Å². The second-order valence-corrected chi connectivity index (χ2v) is 5.76. The number of piperidine rings is 1. The molecule has 1 fully saturated rings. The average Bonchev–Trinajstić information content (AvgIpc) is 2.52. The fraction of sp³-hybridized carbons (Fsp3) is 0.647. The van der Waals surface area contributed by atoms with Gasteiger partial charge in [-0.3, -0.25) is 0 Å². The highest BCUT2D eigenvalue weighted by Gasteiger charge is 2.24. The van der Waals surface area contributed by atoms with E-state index in [2.05, 4.69) is 17.9 Å². The first kappa shape index (κ1) is 16.1. The van der Waals surface area contributed by atoms with Crippen molar-refractivity contribution in [3.05, 3.63) is 23.8 Å². The predicted molar refractivity (Wildman–Crippen MR) is 87.1 cm³/mol. The van der Waals surface area contributed by atoms with Gasteiger partial charge < -0.3 is 20.1 Å². The molecule has 0 bridgehead atoms. The molecule has 118 valence electrons. The lowest BCUT2D eigenvalue weighted by molar-refractivity contribution is 0.0440. The Bertz CT molecular complexity index is 448. The van der Waals surface area contributed by atoms with Crippen molar-refractivity contribution in [3.8, 4) is 5.75 Å². The maximum Gasteiger partial charge on any atom is 0.125 e. The third-order valence-corrected chi connectivity index (χ3v) is 3.99. The van der Waals surface area contributed by atoms with E-state index < -0.39 is 0 Å². The van der Waals surface area contributed by atoms with Gasteiger partial charge in [-0.15, -0.1) is 0 Å². The number of hydrogen-bond acceptors (Lipinski definition) is 4. The second kappa shape index (κ2) is 7.66. The van der Waals surface area contributed by atoms with Crippen molar-refractivity contribution in [1.29, 1.82) is 0 Å². The molecule has 1 saturated heterocycles. The zero-order chi connectivity index (χ0) is 15.2. The molecule has 0 spiro atoms. The van der Waals surface area contributed by atoms with Gasteiger partial charge in [-0.25, -0.2) is 0 Å². The van der Waals surface area contributed by atoms with Gasteiger partial charge in [0.1, 0.15) is 5.75 Å². The Balaban J connectivity index is 2.20. The van der Waals surface area contributed by atoms with E-state index >= 15 is 0 Å². The highest BCUT2D eigenvalue weighted by Crippen LogP contribution is 2.35. The number of nitrogens with two attached hydrogens (primary N) is 1. The lowest BCUT2D eigenvalue weighted by atomic mass is 10.0. The van der Waals surface area contributed by atoms with E-state index in [0.717, 1.165) is 50.3 Å². The Morgan fingerprint density at radius 2 is 2.24 bits per heavy atom. The fourth-order valence-corrected chi connectivity index (χ4v) is 3.02. The minimum absolute atomic E-state index is 0.0481. The first-order valence-electron chi connectivity index (χ1n) is 7.96. The molecule has 4 heteroatoms. The number of nitrogens with zero attached hydrogens (tertiary/aromatic N) is 1. The Morgan fingerprint density at radius 1 is 1.43 bits per heavy atom.